The first-order valence-corrected chi connectivity index (χ1v) is 11.1. The van der Waals surface area contributed by atoms with Gasteiger partial charge in [-0.3, -0.25) is 9.59 Å². The molecule has 3 nitrogen and oxygen atoms in total. The van der Waals surface area contributed by atoms with Crippen LogP contribution in [0.5, 0.6) is 0 Å². The zero-order valence-corrected chi connectivity index (χ0v) is 16.2. The van der Waals surface area contributed by atoms with Gasteiger partial charge in [0, 0.05) is 16.5 Å². The van der Waals surface area contributed by atoms with Crippen molar-refractivity contribution in [1.82, 2.24) is 5.32 Å². The van der Waals surface area contributed by atoms with Crippen LogP contribution in [0.4, 0.5) is 25.2 Å². The Bertz CT molecular complexity index is 675. The molecule has 26 heavy (non-hydrogen) atoms. The maximum absolute atomic E-state index is 12.0. The molecule has 0 spiro atoms. The van der Waals surface area contributed by atoms with E-state index in [0.717, 1.165) is 0 Å². The van der Waals surface area contributed by atoms with E-state index in [9.17, 15) is 34.8 Å². The number of nitrogens with one attached hydrogen (secondary N) is 1. The van der Waals surface area contributed by atoms with Gasteiger partial charge in [0.1, 0.15) is 12.5 Å². The van der Waals surface area contributed by atoms with E-state index in [0.29, 0.717) is 11.1 Å². The molecule has 1 atom stereocenters. The summed E-state index contributed by atoms with van der Waals surface area (Å²) in [6.07, 6.45) is 4.26. The Hall–Kier alpha value is -1.54. The van der Waals surface area contributed by atoms with Crippen molar-refractivity contribution < 1.29 is 34.8 Å². The van der Waals surface area contributed by atoms with Crippen molar-refractivity contribution in [3.8, 4) is 0 Å². The van der Waals surface area contributed by atoms with Crippen LogP contribution in [0.25, 0.3) is 0 Å². The molecule has 0 aliphatic carbocycles. The summed E-state index contributed by atoms with van der Waals surface area (Å²) in [5.41, 5.74) is 1.01. The van der Waals surface area contributed by atoms with Gasteiger partial charge in [-0.05, 0) is 43.7 Å². The van der Waals surface area contributed by atoms with Gasteiger partial charge in [-0.15, -0.1) is 0 Å². The molecule has 1 aromatic rings. The Morgan fingerprint density at radius 3 is 1.73 bits per heavy atom. The van der Waals surface area contributed by atoms with Gasteiger partial charge < -0.3 is 5.32 Å². The van der Waals surface area contributed by atoms with Crippen LogP contribution in [0.1, 0.15) is 24.2 Å². The van der Waals surface area contributed by atoms with Crippen molar-refractivity contribution in [2.45, 2.75) is 24.8 Å². The molecule has 0 aromatic heterocycles. The molecule has 0 saturated heterocycles. The molecule has 150 valence electrons. The third-order valence-corrected chi connectivity index (χ3v) is 3.96. The van der Waals surface area contributed by atoms with Crippen molar-refractivity contribution >= 4 is 30.4 Å². The van der Waals surface area contributed by atoms with E-state index < -0.39 is 13.9 Å². The van der Waals surface area contributed by atoms with Crippen molar-refractivity contribution in [3.63, 3.8) is 0 Å². The SMILES string of the molecule is C=C(C)C(=O)C(C)NC(=O)c1ccc([S+](C)C)cc1.F[P-](F)(F)(F)(F)F. The van der Waals surface area contributed by atoms with Gasteiger partial charge in [-0.1, -0.05) is 6.58 Å². The maximum atomic E-state index is 12.0. The van der Waals surface area contributed by atoms with E-state index in [-0.39, 0.29) is 22.6 Å². The third kappa shape index (κ3) is 12.8. The molecule has 0 heterocycles. The topological polar surface area (TPSA) is 46.2 Å². The minimum atomic E-state index is -10.7. The molecular weight excluding hydrogens is 403 g/mol. The fourth-order valence-corrected chi connectivity index (χ4v) is 2.27. The van der Waals surface area contributed by atoms with E-state index >= 15 is 0 Å². The fraction of sp³-hybridized carbons (Fsp3) is 0.333. The Kier molecular flexibility index (Phi) is 7.15. The van der Waals surface area contributed by atoms with Crippen LogP contribution in [0.3, 0.4) is 0 Å². The predicted molar refractivity (Wildman–Crippen MR) is 94.2 cm³/mol. The van der Waals surface area contributed by atoms with Crippen molar-refractivity contribution in [3.05, 3.63) is 42.0 Å². The van der Waals surface area contributed by atoms with Crippen LogP contribution < -0.4 is 5.32 Å². The van der Waals surface area contributed by atoms with E-state index in [1.165, 1.54) is 4.90 Å². The quantitative estimate of drug-likeness (QED) is 0.291. The second-order valence-electron chi connectivity index (χ2n) is 5.64. The van der Waals surface area contributed by atoms with Gasteiger partial charge >= 0.3 is 33.0 Å². The standard InChI is InChI=1S/C15H19NO2S.F6P/c1-10(2)14(17)11(3)16-15(18)12-6-8-13(9-7-12)19(4)5;1-7(2,3,4,5)6/h6-9,11H,1H2,2-5H3;/q;-1/p+1. The molecule has 11 heteroatoms. The number of carbonyl (C=O) groups excluding carboxylic acids is 2. The molecule has 1 aromatic carbocycles. The van der Waals surface area contributed by atoms with Crippen LogP contribution in [-0.4, -0.2) is 30.2 Å². The Labute approximate surface area is 150 Å². The molecule has 0 bridgehead atoms. The van der Waals surface area contributed by atoms with Gasteiger partial charge in [-0.2, -0.15) is 0 Å². The molecule has 1 amide bonds. The molecule has 1 rings (SSSR count). The van der Waals surface area contributed by atoms with E-state index in [1.54, 1.807) is 26.0 Å². The first-order valence-electron chi connectivity index (χ1n) is 7.02. The molecule has 0 aliphatic heterocycles. The number of halogens is 6. The molecule has 1 unspecified atom stereocenters. The van der Waals surface area contributed by atoms with Crippen LogP contribution in [0, 0.1) is 0 Å². The van der Waals surface area contributed by atoms with Crippen molar-refractivity contribution in [2.24, 2.45) is 0 Å². The molecular formula is C15H20F6NO2PS. The zero-order valence-electron chi connectivity index (χ0n) is 14.5. The number of Topliss-reactive ketones (excluding diaryl/α,β-unsaturated/α-hetero) is 1. The van der Waals surface area contributed by atoms with Crippen LogP contribution in [0.2, 0.25) is 0 Å². The van der Waals surface area contributed by atoms with Gasteiger partial charge in [0.2, 0.25) is 0 Å². The fourth-order valence-electron chi connectivity index (χ4n) is 1.59. The number of amides is 1. The number of hydrogen-bond donors (Lipinski definition) is 1. The number of benzene rings is 1. The van der Waals surface area contributed by atoms with Crippen molar-refractivity contribution in [1.29, 1.82) is 0 Å². The van der Waals surface area contributed by atoms with E-state index in [4.69, 9.17) is 0 Å². The first-order chi connectivity index (χ1) is 11.3. The van der Waals surface area contributed by atoms with Gasteiger partial charge in [-0.25, -0.2) is 0 Å². The summed E-state index contributed by atoms with van der Waals surface area (Å²) in [6.45, 7) is 6.89. The average Bonchev–Trinajstić information content (AvgIpc) is 2.42. The summed E-state index contributed by atoms with van der Waals surface area (Å²) in [5, 5.41) is 2.68. The second-order valence-corrected chi connectivity index (χ2v) is 9.66. The number of rotatable bonds is 5. The molecule has 0 aliphatic rings. The minimum absolute atomic E-state index is 0.145. The second kappa shape index (κ2) is 7.60. The van der Waals surface area contributed by atoms with Gasteiger partial charge in [0.25, 0.3) is 5.91 Å². The molecule has 0 radical (unpaired) electrons. The summed E-state index contributed by atoms with van der Waals surface area (Å²) in [4.78, 5) is 24.8. The van der Waals surface area contributed by atoms with Crippen LogP contribution >= 0.6 is 7.81 Å². The third-order valence-electron chi connectivity index (χ3n) is 2.75. The Morgan fingerprint density at radius 2 is 1.42 bits per heavy atom. The molecule has 0 fully saturated rings. The van der Waals surface area contributed by atoms with Gasteiger partial charge in [0.15, 0.2) is 10.7 Å². The van der Waals surface area contributed by atoms with Crippen LogP contribution in [0.15, 0.2) is 41.3 Å². The zero-order chi connectivity index (χ0) is 21.0. The summed E-state index contributed by atoms with van der Waals surface area (Å²) in [7, 11) is -10.5. The summed E-state index contributed by atoms with van der Waals surface area (Å²) in [6, 6.07) is 6.93. The van der Waals surface area contributed by atoms with Crippen molar-refractivity contribution in [2.75, 3.05) is 12.5 Å². The first kappa shape index (κ1) is 24.5. The number of carbonyl (C=O) groups is 2. The van der Waals surface area contributed by atoms with Gasteiger partial charge in [0.05, 0.1) is 6.04 Å². The molecule has 1 N–H and O–H groups in total. The van der Waals surface area contributed by atoms with E-state index in [2.05, 4.69) is 24.4 Å². The monoisotopic (exact) mass is 423 g/mol. The van der Waals surface area contributed by atoms with Crippen LogP contribution in [-0.2, 0) is 15.7 Å². The Balaban J connectivity index is 0.000000758. The summed E-state index contributed by atoms with van der Waals surface area (Å²) in [5.74, 6) is -0.380. The Morgan fingerprint density at radius 1 is 1.04 bits per heavy atom. The number of ketones is 1. The normalized spacial score (nSPS) is 15.0. The predicted octanol–water partition coefficient (Wildman–Crippen LogP) is 5.57. The number of hydrogen-bond acceptors (Lipinski definition) is 2. The van der Waals surface area contributed by atoms with E-state index in [1.807, 2.05) is 12.1 Å². The average molecular weight is 423 g/mol. The summed E-state index contributed by atoms with van der Waals surface area (Å²) < 4.78 is 59.2. The summed E-state index contributed by atoms with van der Waals surface area (Å²) >= 11 is 0. The molecule has 0 saturated carbocycles.